The van der Waals surface area contributed by atoms with Crippen molar-refractivity contribution >= 4 is 79.3 Å². The number of piperidine rings is 2. The van der Waals surface area contributed by atoms with E-state index in [2.05, 4.69) is 72.7 Å². The minimum Gasteiger partial charge on any atom is -0.348 e. The molecule has 16 nitrogen and oxygen atoms in total. The van der Waals surface area contributed by atoms with Crippen LogP contribution in [-0.4, -0.2) is 136 Å². The number of imidazole rings is 2. The van der Waals surface area contributed by atoms with Crippen LogP contribution in [-0.2, 0) is 22.4 Å². The molecule has 2 amide bonds. The van der Waals surface area contributed by atoms with Gasteiger partial charge in [-0.2, -0.15) is 10.5 Å². The van der Waals surface area contributed by atoms with Crippen molar-refractivity contribution in [2.24, 2.45) is 0 Å². The summed E-state index contributed by atoms with van der Waals surface area (Å²) in [5, 5.41) is 27.4. The molecule has 2 aliphatic rings. The van der Waals surface area contributed by atoms with Gasteiger partial charge in [0.05, 0.1) is 41.5 Å². The maximum atomic E-state index is 13.4. The zero-order chi connectivity index (χ0) is 56.2. The molecule has 0 radical (unpaired) electrons. The third-order valence-corrected chi connectivity index (χ3v) is 16.2. The minimum absolute atomic E-state index is 0.0540. The molecule has 6 aromatic heterocycles. The number of likely N-dealkylation sites (N-methyl/N-ethyl adjacent to an activating group) is 1. The molecule has 0 unspecified atom stereocenters. The first kappa shape index (κ1) is 57.8. The van der Waals surface area contributed by atoms with Crippen molar-refractivity contribution < 1.29 is 18.4 Å². The van der Waals surface area contributed by atoms with Crippen molar-refractivity contribution in [1.82, 2.24) is 48.8 Å². The van der Waals surface area contributed by atoms with Gasteiger partial charge in [-0.25, -0.2) is 28.7 Å². The Hall–Kier alpha value is -7.33. The van der Waals surface area contributed by atoms with Crippen molar-refractivity contribution in [2.45, 2.75) is 63.2 Å². The molecule has 21 heteroatoms. The van der Waals surface area contributed by atoms with E-state index in [1.54, 1.807) is 57.4 Å². The van der Waals surface area contributed by atoms with Crippen molar-refractivity contribution in [3.05, 3.63) is 130 Å². The smallest absolute Gasteiger partial charge is 0.236 e. The van der Waals surface area contributed by atoms with Gasteiger partial charge in [0.2, 0.25) is 11.8 Å². The fourth-order valence-electron chi connectivity index (χ4n) is 9.63. The lowest BCUT2D eigenvalue weighted by atomic mass is 9.90. The van der Waals surface area contributed by atoms with Gasteiger partial charge in [-0.05, 0) is 135 Å². The number of aryl methyl sites for hydroxylation is 2. The van der Waals surface area contributed by atoms with Crippen LogP contribution in [0.5, 0.6) is 0 Å². The number of benzene rings is 2. The molecule has 2 aliphatic heterocycles. The zero-order valence-electron chi connectivity index (χ0n) is 45.4. The van der Waals surface area contributed by atoms with Crippen molar-refractivity contribution in [2.75, 3.05) is 90.7 Å². The summed E-state index contributed by atoms with van der Waals surface area (Å²) in [6, 6.07) is 25.7. The van der Waals surface area contributed by atoms with E-state index < -0.39 is 0 Å². The van der Waals surface area contributed by atoms with E-state index in [4.69, 9.17) is 31.5 Å². The molecule has 2 saturated heterocycles. The Bertz CT molecular complexity index is 3420. The molecule has 8 aromatic rings. The summed E-state index contributed by atoms with van der Waals surface area (Å²) in [5.74, 6) is 2.39. The highest BCUT2D eigenvalue weighted by Gasteiger charge is 2.26. The summed E-state index contributed by atoms with van der Waals surface area (Å²) in [7, 11) is 10.9. The Morgan fingerprint density at radius 3 is 1.46 bits per heavy atom. The van der Waals surface area contributed by atoms with Crippen LogP contribution in [0.4, 0.5) is 30.7 Å². The number of nitrogens with one attached hydrogen (secondary N) is 1. The fraction of sp³-hybridized carbons (Fsp3) is 0.379. The number of hydrogen-bond donors (Lipinski definition) is 1. The number of fused-ring (bicyclic) bond motifs is 2. The maximum Gasteiger partial charge on any atom is 0.236 e. The number of aromatic nitrogens is 6. The molecule has 2 fully saturated rings. The van der Waals surface area contributed by atoms with Gasteiger partial charge in [-0.1, -0.05) is 12.1 Å². The summed E-state index contributed by atoms with van der Waals surface area (Å²) < 4.78 is 31.0. The maximum absolute atomic E-state index is 13.4. The van der Waals surface area contributed by atoms with E-state index in [0.717, 1.165) is 119 Å². The van der Waals surface area contributed by atoms with E-state index in [-0.39, 0.29) is 29.3 Å². The van der Waals surface area contributed by atoms with E-state index >= 15 is 0 Å². The Balaban J connectivity index is 0.000000188. The van der Waals surface area contributed by atoms with E-state index in [1.165, 1.54) is 63.0 Å². The third-order valence-electron chi connectivity index (χ3n) is 14.1. The van der Waals surface area contributed by atoms with Crippen LogP contribution in [0.1, 0.15) is 72.9 Å². The predicted molar refractivity (Wildman–Crippen MR) is 311 cm³/mol. The number of alkyl halides is 1. The number of pyridine rings is 2. The van der Waals surface area contributed by atoms with Crippen LogP contribution >= 0.6 is 34.3 Å². The number of carbonyl (C=O) groups is 2. The molecule has 0 bridgehead atoms. The topological polar surface area (TPSA) is 170 Å². The summed E-state index contributed by atoms with van der Waals surface area (Å²) >= 11 is 8.20. The van der Waals surface area contributed by atoms with Gasteiger partial charge >= 0.3 is 0 Å². The molecule has 0 aliphatic carbocycles. The summed E-state index contributed by atoms with van der Waals surface area (Å²) in [5.41, 5.74) is 9.33. The second-order valence-corrected chi connectivity index (χ2v) is 21.8. The first-order valence-corrected chi connectivity index (χ1v) is 28.5. The van der Waals surface area contributed by atoms with Crippen molar-refractivity contribution in [1.29, 1.82) is 10.5 Å². The number of likely N-dealkylation sites (tertiary alicyclic amines) is 1. The van der Waals surface area contributed by atoms with Crippen molar-refractivity contribution in [3.8, 4) is 34.7 Å². The van der Waals surface area contributed by atoms with Crippen LogP contribution in [0.3, 0.4) is 0 Å². The zero-order valence-corrected chi connectivity index (χ0v) is 47.8. The van der Waals surface area contributed by atoms with E-state index in [1.807, 2.05) is 29.8 Å². The average molecular weight is 1130 g/mol. The largest absolute Gasteiger partial charge is 0.348 e. The monoisotopic (exact) mass is 1130 g/mol. The highest BCUT2D eigenvalue weighted by atomic mass is 35.5. The highest BCUT2D eigenvalue weighted by Crippen LogP contribution is 2.38. The quantitative estimate of drug-likeness (QED) is 0.0965. The molecule has 10 rings (SSSR count). The van der Waals surface area contributed by atoms with Gasteiger partial charge in [0.1, 0.15) is 40.4 Å². The lowest BCUT2D eigenvalue weighted by molar-refractivity contribution is -0.130. The highest BCUT2D eigenvalue weighted by molar-refractivity contribution is 7.14. The molecular weight excluding hydrogens is 1060 g/mol. The van der Waals surface area contributed by atoms with E-state index in [0.29, 0.717) is 44.1 Å². The van der Waals surface area contributed by atoms with Crippen LogP contribution in [0.25, 0.3) is 33.8 Å². The Morgan fingerprint density at radius 2 is 1.06 bits per heavy atom. The second kappa shape index (κ2) is 27.0. The summed E-state index contributed by atoms with van der Waals surface area (Å²) in [4.78, 5) is 51.2. The first-order valence-electron chi connectivity index (χ1n) is 26.2. The van der Waals surface area contributed by atoms with Gasteiger partial charge in [-0.15, -0.1) is 34.3 Å². The number of nitriles is 2. The molecule has 0 saturated carbocycles. The third kappa shape index (κ3) is 14.3. The van der Waals surface area contributed by atoms with Gasteiger partial charge in [0, 0.05) is 102 Å². The number of thiazole rings is 2. The molecule has 1 N–H and O–H groups in total. The number of carbonyl (C=O) groups excluding carboxylic acids is 2. The Labute approximate surface area is 473 Å². The number of halogens is 3. The molecule has 79 heavy (non-hydrogen) atoms. The number of rotatable bonds is 15. The average Bonchev–Trinajstić information content (AvgIpc) is 4.38. The van der Waals surface area contributed by atoms with Gasteiger partial charge < -0.3 is 24.9 Å². The second-order valence-electron chi connectivity index (χ2n) is 19.9. The normalized spacial score (nSPS) is 13.9. The van der Waals surface area contributed by atoms with Crippen LogP contribution < -0.4 is 15.1 Å². The number of nitrogens with zero attached hydrogens (tertiary/aromatic N) is 13. The van der Waals surface area contributed by atoms with Crippen LogP contribution in [0, 0.1) is 34.3 Å². The molecule has 8 heterocycles. The van der Waals surface area contributed by atoms with E-state index in [9.17, 15) is 28.9 Å². The van der Waals surface area contributed by atoms with Crippen molar-refractivity contribution in [3.63, 3.8) is 0 Å². The molecule has 412 valence electrons. The number of amides is 2. The summed E-state index contributed by atoms with van der Waals surface area (Å²) in [6.45, 7) is 4.32. The molecule has 0 atom stereocenters. The van der Waals surface area contributed by atoms with Gasteiger partial charge in [-0.3, -0.25) is 23.3 Å². The Kier molecular flexibility index (Phi) is 19.8. The fourth-order valence-corrected chi connectivity index (χ4v) is 11.5. The number of anilines is 4. The summed E-state index contributed by atoms with van der Waals surface area (Å²) in [6.07, 6.45) is 10.5. The SMILES string of the molecule is CN(C)C(=O)CCl.CN(C)C(=O)CN1CCC(c2ccc3nc(CCC#N)c(N(C)c4nc(-c5ccc(F)cc5)cs4)n3c2)CC1.CN(c1nc(-c2ccc(F)cc2)cs1)c1c(CCC#N)nc2ccc(C3CCNCC3)cn12. The number of hydrogen-bond acceptors (Lipinski definition) is 14. The predicted octanol–water partition coefficient (Wildman–Crippen LogP) is 10.7. The van der Waals surface area contributed by atoms with Gasteiger partial charge in [0.15, 0.2) is 10.3 Å². The lowest BCUT2D eigenvalue weighted by Gasteiger charge is -2.32. The first-order chi connectivity index (χ1) is 38.1. The molecular formula is C58H65ClF2N14O2S2. The van der Waals surface area contributed by atoms with Crippen LogP contribution in [0.2, 0.25) is 0 Å². The minimum atomic E-state index is -0.275. The molecule has 2 aromatic carbocycles. The van der Waals surface area contributed by atoms with Crippen LogP contribution in [0.15, 0.2) is 96.0 Å². The lowest BCUT2D eigenvalue weighted by Crippen LogP contribution is -2.40. The molecule has 0 spiro atoms. The standard InChI is InChI=1S/C29H32FN7OS.C25H25FN6S.C4H8ClNO/c1-34(2)27(38)18-36-15-12-20(13-16-36)22-8-11-26-32-24(5-4-14-31)28(37(26)17-22)35(3)29-33-25(19-39-29)21-6-9-23(30)10-7-21;1-31(25-30-22(16-33-25)18-4-7-20(26)8-5-18)24-21(3-2-12-27)29-23-9-6-19(15-32(23)24)17-10-13-28-14-11-17;1-6(2)4(7)3-5/h6-11,17,19-20H,4-5,12-13,15-16,18H2,1-3H3;4-9,15-17,28H,2-3,10-11,13-14H2,1H3;3H2,1-2H3. The Morgan fingerprint density at radius 1 is 0.633 bits per heavy atom. The van der Waals surface area contributed by atoms with Gasteiger partial charge in [0.25, 0.3) is 0 Å².